The van der Waals surface area contributed by atoms with Gasteiger partial charge in [-0.15, -0.1) is 0 Å². The summed E-state index contributed by atoms with van der Waals surface area (Å²) in [7, 11) is 0. The van der Waals surface area contributed by atoms with Gasteiger partial charge in [-0.1, -0.05) is 36.6 Å². The fraction of sp³-hybridized carbons (Fsp3) is 0.600. The van der Waals surface area contributed by atoms with Crippen LogP contribution in [0.5, 0.6) is 0 Å². The topological polar surface area (TPSA) is 29.5 Å². The van der Waals surface area contributed by atoms with Crippen LogP contribution in [0.2, 0.25) is 0 Å². The van der Waals surface area contributed by atoms with Gasteiger partial charge in [-0.3, -0.25) is 4.79 Å². The zero-order valence-electron chi connectivity index (χ0n) is 9.19. The van der Waals surface area contributed by atoms with Gasteiger partial charge in [-0.25, -0.2) is 0 Å². The van der Waals surface area contributed by atoms with Crippen LogP contribution >= 0.6 is 24.0 Å². The first kappa shape index (κ1) is 14.5. The van der Waals surface area contributed by atoms with Gasteiger partial charge in [-0.05, 0) is 13.8 Å². The van der Waals surface area contributed by atoms with Gasteiger partial charge in [-0.2, -0.15) is 0 Å². The second kappa shape index (κ2) is 8.73. The number of thiocarbonyl (C=S) groups is 1. The zero-order chi connectivity index (χ0) is 11.7. The molecule has 0 bridgehead atoms. The molecule has 0 aromatic heterocycles. The fourth-order valence-corrected chi connectivity index (χ4v) is 2.09. The summed E-state index contributed by atoms with van der Waals surface area (Å²) in [6.45, 7) is 9.52. The average Bonchev–Trinajstić information content (AvgIpc) is 2.25. The molecule has 15 heavy (non-hydrogen) atoms. The van der Waals surface area contributed by atoms with Crippen LogP contribution in [0.1, 0.15) is 13.8 Å². The Labute approximate surface area is 101 Å². The molecule has 0 aromatic carbocycles. The number of nitrogens with zero attached hydrogens (tertiary/aromatic N) is 1. The number of esters is 1. The largest absolute Gasteiger partial charge is 0.461 e. The normalized spacial score (nSPS) is 9.47. The van der Waals surface area contributed by atoms with Crippen LogP contribution in [0.4, 0.5) is 0 Å². The van der Waals surface area contributed by atoms with Crippen molar-refractivity contribution in [3.8, 4) is 0 Å². The monoisotopic (exact) mass is 247 g/mol. The highest BCUT2D eigenvalue weighted by Gasteiger charge is 2.09. The van der Waals surface area contributed by atoms with Gasteiger partial charge in [0.25, 0.3) is 0 Å². The summed E-state index contributed by atoms with van der Waals surface area (Å²) in [6.07, 6.45) is 1.55. The maximum absolute atomic E-state index is 11.1. The lowest BCUT2D eigenvalue weighted by molar-refractivity contribution is -0.139. The number of hydrogen-bond acceptors (Lipinski definition) is 4. The molecule has 0 atom stereocenters. The van der Waals surface area contributed by atoms with Gasteiger partial charge in [0.1, 0.15) is 10.9 Å². The minimum absolute atomic E-state index is 0.255. The summed E-state index contributed by atoms with van der Waals surface area (Å²) < 4.78 is 5.58. The number of hydrogen-bond donors (Lipinski definition) is 0. The van der Waals surface area contributed by atoms with Crippen molar-refractivity contribution in [2.75, 3.05) is 25.4 Å². The van der Waals surface area contributed by atoms with E-state index < -0.39 is 0 Å². The maximum atomic E-state index is 11.1. The van der Waals surface area contributed by atoms with Crippen molar-refractivity contribution < 1.29 is 9.53 Å². The van der Waals surface area contributed by atoms with Gasteiger partial charge in [0.2, 0.25) is 0 Å². The molecule has 0 saturated heterocycles. The summed E-state index contributed by atoms with van der Waals surface area (Å²) in [5.74, 6) is 0.0119. The van der Waals surface area contributed by atoms with E-state index in [9.17, 15) is 4.79 Å². The molecule has 0 aliphatic heterocycles. The average molecular weight is 247 g/mol. The summed E-state index contributed by atoms with van der Waals surface area (Å²) in [5.41, 5.74) is 0. The molecule has 0 unspecified atom stereocenters. The third-order valence-corrected chi connectivity index (χ3v) is 3.19. The van der Waals surface area contributed by atoms with Gasteiger partial charge in [0.15, 0.2) is 0 Å². The Hall–Kier alpha value is -0.550. The third kappa shape index (κ3) is 6.52. The standard InChI is InChI=1S/C10H17NO2S2/c1-4-7-13-9(12)8-15-10(14)11(5-2)6-3/h4H,1,5-8H2,2-3H3. The highest BCUT2D eigenvalue weighted by Crippen LogP contribution is 2.09. The van der Waals surface area contributed by atoms with E-state index >= 15 is 0 Å². The molecule has 0 aromatic rings. The first-order valence-electron chi connectivity index (χ1n) is 4.83. The predicted molar refractivity (Wildman–Crippen MR) is 69.1 cm³/mol. The van der Waals surface area contributed by atoms with Crippen LogP contribution in [-0.2, 0) is 9.53 Å². The molecule has 0 aliphatic carbocycles. The number of ether oxygens (including phenoxy) is 1. The van der Waals surface area contributed by atoms with Crippen LogP contribution in [0.15, 0.2) is 12.7 Å². The SMILES string of the molecule is C=CCOC(=O)CSC(=S)N(CC)CC. The molecule has 86 valence electrons. The minimum atomic E-state index is -0.255. The lowest BCUT2D eigenvalue weighted by atomic mass is 10.6. The first-order valence-corrected chi connectivity index (χ1v) is 6.23. The molecular formula is C10H17NO2S2. The second-order valence-corrected chi connectivity index (χ2v) is 4.31. The van der Waals surface area contributed by atoms with Gasteiger partial charge >= 0.3 is 5.97 Å². The molecule has 0 aliphatic rings. The van der Waals surface area contributed by atoms with Crippen LogP contribution in [0.3, 0.4) is 0 Å². The Balaban J connectivity index is 3.78. The van der Waals surface area contributed by atoms with Crippen molar-refractivity contribution in [3.63, 3.8) is 0 Å². The van der Waals surface area contributed by atoms with Crippen molar-refractivity contribution in [2.45, 2.75) is 13.8 Å². The van der Waals surface area contributed by atoms with Crippen molar-refractivity contribution in [2.24, 2.45) is 0 Å². The van der Waals surface area contributed by atoms with Crippen LogP contribution < -0.4 is 0 Å². The Kier molecular flexibility index (Phi) is 8.41. The van der Waals surface area contributed by atoms with E-state index in [1.807, 2.05) is 18.7 Å². The Morgan fingerprint density at radius 2 is 2.13 bits per heavy atom. The van der Waals surface area contributed by atoms with Crippen molar-refractivity contribution in [1.29, 1.82) is 0 Å². The molecule has 0 spiro atoms. The second-order valence-electron chi connectivity index (χ2n) is 2.70. The van der Waals surface area contributed by atoms with E-state index in [4.69, 9.17) is 17.0 Å². The first-order chi connectivity index (χ1) is 7.15. The summed E-state index contributed by atoms with van der Waals surface area (Å²) in [5, 5.41) is 0. The van der Waals surface area contributed by atoms with E-state index in [2.05, 4.69) is 6.58 Å². The number of carbonyl (C=O) groups excluding carboxylic acids is 1. The van der Waals surface area contributed by atoms with E-state index in [1.54, 1.807) is 6.08 Å². The number of carbonyl (C=O) groups is 1. The Bertz CT molecular complexity index is 227. The maximum Gasteiger partial charge on any atom is 0.316 e. The van der Waals surface area contributed by atoms with E-state index in [-0.39, 0.29) is 18.3 Å². The van der Waals surface area contributed by atoms with Gasteiger partial charge in [0.05, 0.1) is 5.75 Å². The van der Waals surface area contributed by atoms with Crippen molar-refractivity contribution in [3.05, 3.63) is 12.7 Å². The summed E-state index contributed by atoms with van der Waals surface area (Å²) in [4.78, 5) is 13.2. The Morgan fingerprint density at radius 3 is 2.60 bits per heavy atom. The highest BCUT2D eigenvalue weighted by atomic mass is 32.2. The van der Waals surface area contributed by atoms with E-state index in [0.29, 0.717) is 0 Å². The molecule has 0 rings (SSSR count). The summed E-state index contributed by atoms with van der Waals surface area (Å²) in [6, 6.07) is 0. The smallest absolute Gasteiger partial charge is 0.316 e. The van der Waals surface area contributed by atoms with Crippen molar-refractivity contribution >= 4 is 34.3 Å². The minimum Gasteiger partial charge on any atom is -0.461 e. The third-order valence-electron chi connectivity index (χ3n) is 1.70. The van der Waals surface area contributed by atoms with Gasteiger partial charge < -0.3 is 9.64 Å². The zero-order valence-corrected chi connectivity index (χ0v) is 10.8. The highest BCUT2D eigenvalue weighted by molar-refractivity contribution is 8.23. The molecule has 0 radical (unpaired) electrons. The molecule has 0 saturated carbocycles. The molecule has 0 fully saturated rings. The number of rotatable bonds is 6. The van der Waals surface area contributed by atoms with Crippen LogP contribution in [0.25, 0.3) is 0 Å². The predicted octanol–water partition coefficient (Wildman–Crippen LogP) is 2.08. The Morgan fingerprint density at radius 1 is 1.53 bits per heavy atom. The molecule has 0 heterocycles. The number of thioether (sulfide) groups is 1. The van der Waals surface area contributed by atoms with E-state index in [0.717, 1.165) is 17.4 Å². The molecular weight excluding hydrogens is 230 g/mol. The van der Waals surface area contributed by atoms with Gasteiger partial charge in [0, 0.05) is 13.1 Å². The summed E-state index contributed by atoms with van der Waals surface area (Å²) >= 11 is 6.51. The van der Waals surface area contributed by atoms with Crippen LogP contribution in [0, 0.1) is 0 Å². The lowest BCUT2D eigenvalue weighted by Gasteiger charge is -2.20. The van der Waals surface area contributed by atoms with Crippen LogP contribution in [-0.4, -0.2) is 40.6 Å². The van der Waals surface area contributed by atoms with Crippen molar-refractivity contribution in [1.82, 2.24) is 4.90 Å². The quantitative estimate of drug-likeness (QED) is 0.407. The molecule has 0 amide bonds. The molecule has 5 heteroatoms. The lowest BCUT2D eigenvalue weighted by Crippen LogP contribution is -2.27. The fourth-order valence-electron chi connectivity index (χ4n) is 0.887. The molecule has 0 N–H and O–H groups in total. The molecule has 3 nitrogen and oxygen atoms in total. The van der Waals surface area contributed by atoms with E-state index in [1.165, 1.54) is 11.8 Å².